The fourth-order valence-electron chi connectivity index (χ4n) is 3.75. The predicted octanol–water partition coefficient (Wildman–Crippen LogP) is 5.54. The molecule has 0 saturated heterocycles. The first-order chi connectivity index (χ1) is 17.8. The molecule has 0 aliphatic rings. The zero-order chi connectivity index (χ0) is 26.3. The number of aryl methyl sites for hydroxylation is 1. The Kier molecular flexibility index (Phi) is 8.20. The van der Waals surface area contributed by atoms with E-state index in [4.69, 9.17) is 4.74 Å². The van der Waals surface area contributed by atoms with Crippen LogP contribution in [0.5, 0.6) is 5.75 Å². The molecule has 4 aromatic rings. The number of anilines is 1. The molecule has 0 bridgehead atoms. The van der Waals surface area contributed by atoms with Crippen molar-refractivity contribution >= 4 is 21.6 Å². The zero-order valence-electron chi connectivity index (χ0n) is 20.3. The summed E-state index contributed by atoms with van der Waals surface area (Å²) in [5, 5.41) is 0. The minimum atomic E-state index is -3.88. The summed E-state index contributed by atoms with van der Waals surface area (Å²) in [6, 6.07) is 28.9. The molecule has 6 nitrogen and oxygen atoms in total. The van der Waals surface area contributed by atoms with Crippen molar-refractivity contribution in [3.63, 3.8) is 0 Å². The fourth-order valence-corrected chi connectivity index (χ4v) is 4.90. The van der Waals surface area contributed by atoms with Crippen molar-refractivity contribution in [2.45, 2.75) is 24.9 Å². The lowest BCUT2D eigenvalue weighted by Gasteiger charge is -2.23. The molecular formula is C29H27FN2O4S. The van der Waals surface area contributed by atoms with E-state index in [1.54, 1.807) is 11.8 Å². The summed E-state index contributed by atoms with van der Waals surface area (Å²) in [4.78, 5) is 14.9. The largest absolute Gasteiger partial charge is 0.483 e. The minimum Gasteiger partial charge on any atom is -0.483 e. The molecule has 190 valence electrons. The number of ether oxygens (including phenoxy) is 1. The second kappa shape index (κ2) is 11.7. The Balaban J connectivity index is 1.44. The normalized spacial score (nSPS) is 11.1. The van der Waals surface area contributed by atoms with E-state index in [9.17, 15) is 17.6 Å². The van der Waals surface area contributed by atoms with Crippen LogP contribution < -0.4 is 9.46 Å². The number of carbonyl (C=O) groups is 1. The molecule has 0 radical (unpaired) electrons. The van der Waals surface area contributed by atoms with Crippen molar-refractivity contribution in [3.8, 4) is 5.75 Å². The Morgan fingerprint density at radius 1 is 0.838 bits per heavy atom. The number of halogens is 1. The summed E-state index contributed by atoms with van der Waals surface area (Å²) >= 11 is 0. The first kappa shape index (κ1) is 25.9. The van der Waals surface area contributed by atoms with Gasteiger partial charge in [-0.3, -0.25) is 9.52 Å². The molecule has 0 spiro atoms. The van der Waals surface area contributed by atoms with Gasteiger partial charge in [-0.25, -0.2) is 12.8 Å². The molecule has 0 atom stereocenters. The molecule has 37 heavy (non-hydrogen) atoms. The van der Waals surface area contributed by atoms with Gasteiger partial charge in [-0.15, -0.1) is 0 Å². The molecule has 0 aliphatic carbocycles. The standard InChI is InChI=1S/C29H27FN2O4S/c1-22-18-27(37(34,35)31-26-14-12-25(30)13-15-26)16-17-28(22)36-21-29(33)32(19-23-8-4-2-5-9-23)20-24-10-6-3-7-11-24/h2-18,31H,19-21H2,1H3. The monoisotopic (exact) mass is 518 g/mol. The van der Waals surface area contributed by atoms with Gasteiger partial charge in [0.2, 0.25) is 0 Å². The highest BCUT2D eigenvalue weighted by Gasteiger charge is 2.18. The van der Waals surface area contributed by atoms with Crippen molar-refractivity contribution in [1.29, 1.82) is 0 Å². The molecule has 1 amide bonds. The van der Waals surface area contributed by atoms with E-state index in [0.29, 0.717) is 24.4 Å². The van der Waals surface area contributed by atoms with Gasteiger partial charge in [-0.1, -0.05) is 60.7 Å². The molecule has 0 heterocycles. The van der Waals surface area contributed by atoms with E-state index in [1.165, 1.54) is 42.5 Å². The molecule has 4 rings (SSSR count). The number of nitrogens with one attached hydrogen (secondary N) is 1. The van der Waals surface area contributed by atoms with Gasteiger partial charge in [0, 0.05) is 18.8 Å². The molecule has 0 aromatic heterocycles. The minimum absolute atomic E-state index is 0.0304. The lowest BCUT2D eigenvalue weighted by Crippen LogP contribution is -2.34. The number of carbonyl (C=O) groups excluding carboxylic acids is 1. The Hall–Kier alpha value is -4.17. The van der Waals surface area contributed by atoms with Crippen molar-refractivity contribution in [1.82, 2.24) is 4.90 Å². The van der Waals surface area contributed by atoms with Gasteiger partial charge in [0.15, 0.2) is 6.61 Å². The summed E-state index contributed by atoms with van der Waals surface area (Å²) in [7, 11) is -3.88. The highest BCUT2D eigenvalue weighted by atomic mass is 32.2. The van der Waals surface area contributed by atoms with Crippen molar-refractivity contribution in [2.24, 2.45) is 0 Å². The molecular weight excluding hydrogens is 491 g/mol. The van der Waals surface area contributed by atoms with Crippen LogP contribution in [0.25, 0.3) is 0 Å². The van der Waals surface area contributed by atoms with Gasteiger partial charge >= 0.3 is 0 Å². The van der Waals surface area contributed by atoms with Crippen LogP contribution in [0.1, 0.15) is 16.7 Å². The number of amides is 1. The summed E-state index contributed by atoms with van der Waals surface area (Å²) in [6.45, 7) is 2.38. The fraction of sp³-hybridized carbons (Fsp3) is 0.138. The first-order valence-electron chi connectivity index (χ1n) is 11.7. The Morgan fingerprint density at radius 2 is 1.41 bits per heavy atom. The Morgan fingerprint density at radius 3 is 1.95 bits per heavy atom. The topological polar surface area (TPSA) is 75.7 Å². The van der Waals surface area contributed by atoms with Gasteiger partial charge in [0.05, 0.1) is 4.90 Å². The van der Waals surface area contributed by atoms with Crippen molar-refractivity contribution in [3.05, 3.63) is 126 Å². The molecule has 4 aromatic carbocycles. The third kappa shape index (κ3) is 7.17. The SMILES string of the molecule is Cc1cc(S(=O)(=O)Nc2ccc(F)cc2)ccc1OCC(=O)N(Cc1ccccc1)Cc1ccccc1. The van der Waals surface area contributed by atoms with E-state index in [0.717, 1.165) is 11.1 Å². The molecule has 0 saturated carbocycles. The van der Waals surface area contributed by atoms with Crippen molar-refractivity contribution in [2.75, 3.05) is 11.3 Å². The first-order valence-corrected chi connectivity index (χ1v) is 13.2. The number of nitrogens with zero attached hydrogens (tertiary/aromatic N) is 1. The molecule has 0 fully saturated rings. The second-order valence-electron chi connectivity index (χ2n) is 8.55. The summed E-state index contributed by atoms with van der Waals surface area (Å²) in [5.41, 5.74) is 2.83. The number of sulfonamides is 1. The van der Waals surface area contributed by atoms with E-state index in [2.05, 4.69) is 4.72 Å². The third-order valence-electron chi connectivity index (χ3n) is 5.69. The van der Waals surface area contributed by atoms with Crippen LogP contribution >= 0.6 is 0 Å². The van der Waals surface area contributed by atoms with Gasteiger partial charge in [0.25, 0.3) is 15.9 Å². The lowest BCUT2D eigenvalue weighted by molar-refractivity contribution is -0.134. The van der Waals surface area contributed by atoms with Crippen LogP contribution in [-0.2, 0) is 27.9 Å². The van der Waals surface area contributed by atoms with Gasteiger partial charge in [-0.2, -0.15) is 0 Å². The maximum Gasteiger partial charge on any atom is 0.261 e. The van der Waals surface area contributed by atoms with Crippen LogP contribution in [0.15, 0.2) is 108 Å². The van der Waals surface area contributed by atoms with Gasteiger partial charge in [0.1, 0.15) is 11.6 Å². The predicted molar refractivity (Wildman–Crippen MR) is 141 cm³/mol. The molecule has 0 unspecified atom stereocenters. The average Bonchev–Trinajstić information content (AvgIpc) is 2.90. The highest BCUT2D eigenvalue weighted by molar-refractivity contribution is 7.92. The summed E-state index contributed by atoms with van der Waals surface area (Å²) in [5.74, 6) is -0.240. The number of rotatable bonds is 10. The van der Waals surface area contributed by atoms with Crippen LogP contribution in [-0.4, -0.2) is 25.8 Å². The Bertz CT molecular complexity index is 1400. The lowest BCUT2D eigenvalue weighted by atomic mass is 10.1. The second-order valence-corrected chi connectivity index (χ2v) is 10.2. The average molecular weight is 519 g/mol. The number of benzene rings is 4. The molecule has 1 N–H and O–H groups in total. The van der Waals surface area contributed by atoms with Gasteiger partial charge in [-0.05, 0) is 66.1 Å². The summed E-state index contributed by atoms with van der Waals surface area (Å²) in [6.07, 6.45) is 0. The zero-order valence-corrected chi connectivity index (χ0v) is 21.1. The third-order valence-corrected chi connectivity index (χ3v) is 7.07. The van der Waals surface area contributed by atoms with Crippen molar-refractivity contribution < 1.29 is 22.3 Å². The maximum atomic E-state index is 13.2. The number of hydrogen-bond donors (Lipinski definition) is 1. The van der Waals surface area contributed by atoms with Crippen LogP contribution in [0.3, 0.4) is 0 Å². The summed E-state index contributed by atoms with van der Waals surface area (Å²) < 4.78 is 46.8. The van der Waals surface area contributed by atoms with Crippen LogP contribution in [0, 0.1) is 12.7 Å². The quantitative estimate of drug-likeness (QED) is 0.299. The number of hydrogen-bond acceptors (Lipinski definition) is 4. The van der Waals surface area contributed by atoms with E-state index >= 15 is 0 Å². The van der Waals surface area contributed by atoms with E-state index in [-0.39, 0.29) is 23.1 Å². The highest BCUT2D eigenvalue weighted by Crippen LogP contribution is 2.24. The van der Waals surface area contributed by atoms with Crippen LogP contribution in [0.4, 0.5) is 10.1 Å². The Labute approximate surface area is 216 Å². The van der Waals surface area contributed by atoms with E-state index < -0.39 is 15.8 Å². The van der Waals surface area contributed by atoms with Crippen LogP contribution in [0.2, 0.25) is 0 Å². The maximum absolute atomic E-state index is 13.2. The van der Waals surface area contributed by atoms with E-state index in [1.807, 2.05) is 60.7 Å². The smallest absolute Gasteiger partial charge is 0.261 e. The van der Waals surface area contributed by atoms with Gasteiger partial charge < -0.3 is 9.64 Å². The molecule has 0 aliphatic heterocycles. The molecule has 8 heteroatoms.